The van der Waals surface area contributed by atoms with Crippen LogP contribution in [-0.4, -0.2) is 30.1 Å². The molecular formula is C23H21NO4. The number of hydrogen-bond donors (Lipinski definition) is 0. The lowest BCUT2D eigenvalue weighted by Gasteiger charge is -2.16. The fraction of sp³-hybridized carbons (Fsp3) is 0.174. The number of ether oxygens (including phenoxy) is 2. The highest BCUT2D eigenvalue weighted by Gasteiger charge is 2.28. The lowest BCUT2D eigenvalue weighted by molar-refractivity contribution is 0.0480. The van der Waals surface area contributed by atoms with Crippen molar-refractivity contribution < 1.29 is 19.1 Å². The molecule has 142 valence electrons. The van der Waals surface area contributed by atoms with E-state index in [0.29, 0.717) is 11.3 Å². The molecule has 0 saturated heterocycles. The minimum Gasteiger partial charge on any atom is -0.462 e. The third-order valence-corrected chi connectivity index (χ3v) is 4.17. The van der Waals surface area contributed by atoms with Gasteiger partial charge in [0.1, 0.15) is 5.56 Å². The van der Waals surface area contributed by atoms with Gasteiger partial charge in [0, 0.05) is 17.3 Å². The van der Waals surface area contributed by atoms with E-state index < -0.39 is 11.9 Å². The summed E-state index contributed by atoms with van der Waals surface area (Å²) in [6.45, 7) is 3.82. The Labute approximate surface area is 164 Å². The normalized spacial score (nSPS) is 10.4. The van der Waals surface area contributed by atoms with Gasteiger partial charge in [0.25, 0.3) is 0 Å². The van der Waals surface area contributed by atoms with Crippen molar-refractivity contribution in [3.05, 3.63) is 78.0 Å². The maximum atomic E-state index is 12.9. The van der Waals surface area contributed by atoms with Crippen LogP contribution < -0.4 is 0 Å². The van der Waals surface area contributed by atoms with E-state index in [4.69, 9.17) is 9.47 Å². The van der Waals surface area contributed by atoms with Gasteiger partial charge < -0.3 is 9.47 Å². The van der Waals surface area contributed by atoms with E-state index in [9.17, 15) is 9.59 Å². The highest BCUT2D eigenvalue weighted by atomic mass is 16.5. The molecule has 0 unspecified atom stereocenters. The molecule has 1 aromatic heterocycles. The zero-order chi connectivity index (χ0) is 19.9. The quantitative estimate of drug-likeness (QED) is 0.581. The molecule has 5 heteroatoms. The lowest BCUT2D eigenvalue weighted by atomic mass is 9.93. The number of carbonyl (C=O) groups excluding carboxylic acids is 2. The average molecular weight is 375 g/mol. The fourth-order valence-corrected chi connectivity index (χ4v) is 2.98. The second kappa shape index (κ2) is 8.95. The summed E-state index contributed by atoms with van der Waals surface area (Å²) in [5.41, 5.74) is 2.69. The van der Waals surface area contributed by atoms with Gasteiger partial charge >= 0.3 is 11.9 Å². The first-order valence-electron chi connectivity index (χ1n) is 9.15. The lowest BCUT2D eigenvalue weighted by Crippen LogP contribution is -2.18. The molecule has 0 aliphatic rings. The monoisotopic (exact) mass is 375 g/mol. The van der Waals surface area contributed by atoms with Crippen LogP contribution in [0, 0.1) is 0 Å². The van der Waals surface area contributed by atoms with Crippen LogP contribution in [0.5, 0.6) is 0 Å². The minimum absolute atomic E-state index is 0.118. The van der Waals surface area contributed by atoms with Crippen LogP contribution in [0.3, 0.4) is 0 Å². The van der Waals surface area contributed by atoms with E-state index in [0.717, 1.165) is 11.1 Å². The first kappa shape index (κ1) is 19.3. The van der Waals surface area contributed by atoms with E-state index >= 15 is 0 Å². The highest BCUT2D eigenvalue weighted by Crippen LogP contribution is 2.33. The van der Waals surface area contributed by atoms with E-state index in [1.54, 1.807) is 20.0 Å². The van der Waals surface area contributed by atoms with E-state index in [2.05, 4.69) is 4.98 Å². The molecule has 0 aliphatic heterocycles. The Morgan fingerprint density at radius 1 is 0.750 bits per heavy atom. The zero-order valence-corrected chi connectivity index (χ0v) is 15.8. The second-order valence-electron chi connectivity index (χ2n) is 5.94. The van der Waals surface area contributed by atoms with E-state index in [1.165, 1.54) is 0 Å². The molecule has 3 aromatic rings. The van der Waals surface area contributed by atoms with Crippen LogP contribution in [0.25, 0.3) is 22.4 Å². The second-order valence-corrected chi connectivity index (χ2v) is 5.94. The molecule has 0 bridgehead atoms. The summed E-state index contributed by atoms with van der Waals surface area (Å²) in [7, 11) is 0. The van der Waals surface area contributed by atoms with E-state index in [1.807, 2.05) is 60.7 Å². The summed E-state index contributed by atoms with van der Waals surface area (Å²) < 4.78 is 10.5. The third kappa shape index (κ3) is 3.93. The van der Waals surface area contributed by atoms with Crippen LogP contribution in [-0.2, 0) is 9.47 Å². The van der Waals surface area contributed by atoms with Gasteiger partial charge in [-0.05, 0) is 19.4 Å². The Hall–Kier alpha value is -3.47. The SMILES string of the molecule is CCOC(=O)c1c(-c2ccccc2)cnc(-c2ccccc2)c1C(=O)OCC. The van der Waals surface area contributed by atoms with Gasteiger partial charge in [-0.2, -0.15) is 0 Å². The van der Waals surface area contributed by atoms with Crippen LogP contribution >= 0.6 is 0 Å². The maximum absolute atomic E-state index is 12.9. The smallest absolute Gasteiger partial charge is 0.341 e. The molecule has 1 heterocycles. The first-order valence-corrected chi connectivity index (χ1v) is 9.15. The average Bonchev–Trinajstić information content (AvgIpc) is 2.74. The number of rotatable bonds is 6. The third-order valence-electron chi connectivity index (χ3n) is 4.17. The Morgan fingerprint density at radius 3 is 1.79 bits per heavy atom. The van der Waals surface area contributed by atoms with Crippen molar-refractivity contribution in [3.63, 3.8) is 0 Å². The minimum atomic E-state index is -0.602. The predicted octanol–water partition coefficient (Wildman–Crippen LogP) is 4.77. The molecular weight excluding hydrogens is 354 g/mol. The number of benzene rings is 2. The molecule has 5 nitrogen and oxygen atoms in total. The molecule has 3 rings (SSSR count). The molecule has 0 amide bonds. The van der Waals surface area contributed by atoms with Crippen LogP contribution in [0.1, 0.15) is 34.6 Å². The number of aromatic nitrogens is 1. The molecule has 0 radical (unpaired) electrons. The Bertz CT molecular complexity index is 888. The molecule has 0 fully saturated rings. The number of esters is 2. The highest BCUT2D eigenvalue weighted by molar-refractivity contribution is 6.11. The molecule has 0 spiro atoms. The molecule has 0 atom stereocenters. The summed E-state index contributed by atoms with van der Waals surface area (Å²) in [6.07, 6.45) is 1.60. The number of hydrogen-bond acceptors (Lipinski definition) is 5. The number of carbonyl (C=O) groups is 2. The van der Waals surface area contributed by atoms with Gasteiger partial charge in [0.2, 0.25) is 0 Å². The van der Waals surface area contributed by atoms with Crippen molar-refractivity contribution in [1.29, 1.82) is 0 Å². The van der Waals surface area contributed by atoms with E-state index in [-0.39, 0.29) is 24.3 Å². The van der Waals surface area contributed by atoms with Crippen molar-refractivity contribution in [3.8, 4) is 22.4 Å². The van der Waals surface area contributed by atoms with Crippen LogP contribution in [0.15, 0.2) is 66.9 Å². The zero-order valence-electron chi connectivity index (χ0n) is 15.8. The molecule has 0 saturated carbocycles. The standard InChI is InChI=1S/C23H21NO4/c1-3-27-22(25)19-18(16-11-7-5-8-12-16)15-24-21(17-13-9-6-10-14-17)20(19)23(26)28-4-2/h5-15H,3-4H2,1-2H3. The molecule has 0 N–H and O–H groups in total. The Morgan fingerprint density at radius 2 is 1.25 bits per heavy atom. The summed E-state index contributed by atoms with van der Waals surface area (Å²) in [4.78, 5) is 30.3. The Kier molecular flexibility index (Phi) is 6.17. The number of nitrogens with zero attached hydrogens (tertiary/aromatic N) is 1. The predicted molar refractivity (Wildman–Crippen MR) is 107 cm³/mol. The topological polar surface area (TPSA) is 65.5 Å². The molecule has 28 heavy (non-hydrogen) atoms. The largest absolute Gasteiger partial charge is 0.462 e. The summed E-state index contributed by atoms with van der Waals surface area (Å²) >= 11 is 0. The van der Waals surface area contributed by atoms with Crippen LogP contribution in [0.2, 0.25) is 0 Å². The van der Waals surface area contributed by atoms with Crippen molar-refractivity contribution in [1.82, 2.24) is 4.98 Å². The van der Waals surface area contributed by atoms with Gasteiger partial charge in [-0.3, -0.25) is 4.98 Å². The molecule has 0 aliphatic carbocycles. The first-order chi connectivity index (χ1) is 13.7. The molecule has 2 aromatic carbocycles. The summed E-state index contributed by atoms with van der Waals surface area (Å²) in [5, 5.41) is 0. The maximum Gasteiger partial charge on any atom is 0.341 e. The fourth-order valence-electron chi connectivity index (χ4n) is 2.98. The van der Waals surface area contributed by atoms with Crippen molar-refractivity contribution >= 4 is 11.9 Å². The van der Waals surface area contributed by atoms with Gasteiger partial charge in [0.05, 0.1) is 24.5 Å². The number of pyridine rings is 1. The van der Waals surface area contributed by atoms with Gasteiger partial charge in [-0.25, -0.2) is 9.59 Å². The van der Waals surface area contributed by atoms with Gasteiger partial charge in [0.15, 0.2) is 0 Å². The van der Waals surface area contributed by atoms with Crippen LogP contribution in [0.4, 0.5) is 0 Å². The van der Waals surface area contributed by atoms with Crippen molar-refractivity contribution in [2.45, 2.75) is 13.8 Å². The Balaban J connectivity index is 2.33. The van der Waals surface area contributed by atoms with Gasteiger partial charge in [-0.1, -0.05) is 60.7 Å². The van der Waals surface area contributed by atoms with Crippen molar-refractivity contribution in [2.75, 3.05) is 13.2 Å². The van der Waals surface area contributed by atoms with Crippen molar-refractivity contribution in [2.24, 2.45) is 0 Å². The summed E-state index contributed by atoms with van der Waals surface area (Å²) in [6, 6.07) is 18.6. The summed E-state index contributed by atoms with van der Waals surface area (Å²) in [5.74, 6) is -1.18. The van der Waals surface area contributed by atoms with Gasteiger partial charge in [-0.15, -0.1) is 0 Å².